The van der Waals surface area contributed by atoms with Gasteiger partial charge in [-0.3, -0.25) is 15.1 Å². The summed E-state index contributed by atoms with van der Waals surface area (Å²) in [5, 5.41) is 10.6. The van der Waals surface area contributed by atoms with Crippen molar-refractivity contribution in [2.45, 2.75) is 6.92 Å². The van der Waals surface area contributed by atoms with Gasteiger partial charge in [-0.2, -0.15) is 0 Å². The second-order valence-corrected chi connectivity index (χ2v) is 5.87. The Bertz CT molecular complexity index is 753. The fraction of sp³-hybridized carbons (Fsp3) is 0.0769. The molecule has 3 rings (SSSR count). The molecule has 3 aromatic heterocycles. The van der Waals surface area contributed by atoms with Crippen LogP contribution in [0.3, 0.4) is 0 Å². The lowest BCUT2D eigenvalue weighted by molar-refractivity contribution is 0.102. The molecule has 0 radical (unpaired) electrons. The van der Waals surface area contributed by atoms with Gasteiger partial charge in [0.15, 0.2) is 10.3 Å². The van der Waals surface area contributed by atoms with Crippen molar-refractivity contribution in [1.82, 2.24) is 15.0 Å². The molecule has 21 heavy (non-hydrogen) atoms. The number of rotatable bonds is 4. The molecule has 0 fully saturated rings. The first-order valence-electron chi connectivity index (χ1n) is 6.07. The Morgan fingerprint density at radius 2 is 2.05 bits per heavy atom. The highest BCUT2D eigenvalue weighted by Gasteiger charge is 2.12. The maximum Gasteiger partial charge on any atom is 0.276 e. The third-order valence-electron chi connectivity index (χ3n) is 2.49. The topological polar surface area (TPSA) is 79.8 Å². The van der Waals surface area contributed by atoms with Crippen LogP contribution in [0.4, 0.5) is 16.0 Å². The van der Waals surface area contributed by atoms with Crippen molar-refractivity contribution in [3.05, 3.63) is 46.7 Å². The van der Waals surface area contributed by atoms with Crippen LogP contribution in [0.15, 0.2) is 35.3 Å². The Hall–Kier alpha value is -2.32. The number of carbonyl (C=O) groups is 1. The predicted octanol–water partition coefficient (Wildman–Crippen LogP) is 3.30. The average molecular weight is 317 g/mol. The molecule has 0 bridgehead atoms. The molecule has 1 amide bonds. The van der Waals surface area contributed by atoms with Crippen molar-refractivity contribution in [2.24, 2.45) is 0 Å². The molecule has 0 aliphatic rings. The Morgan fingerprint density at radius 3 is 2.76 bits per heavy atom. The van der Waals surface area contributed by atoms with Crippen LogP contribution in [-0.4, -0.2) is 20.9 Å². The first-order chi connectivity index (χ1) is 10.2. The minimum absolute atomic E-state index is 0.264. The van der Waals surface area contributed by atoms with E-state index < -0.39 is 0 Å². The van der Waals surface area contributed by atoms with Gasteiger partial charge in [-0.1, -0.05) is 0 Å². The van der Waals surface area contributed by atoms with Crippen LogP contribution in [0, 0.1) is 6.92 Å². The minimum atomic E-state index is -0.264. The Kier molecular flexibility index (Phi) is 3.89. The lowest BCUT2D eigenvalue weighted by Gasteiger charge is -2.00. The molecule has 0 spiro atoms. The molecular weight excluding hydrogens is 306 g/mol. The summed E-state index contributed by atoms with van der Waals surface area (Å²) >= 11 is 2.75. The largest absolute Gasteiger partial charge is 0.330 e. The number of aromatic nitrogens is 3. The zero-order valence-corrected chi connectivity index (χ0v) is 12.7. The third-order valence-corrected chi connectivity index (χ3v) is 4.12. The van der Waals surface area contributed by atoms with Gasteiger partial charge < -0.3 is 5.32 Å². The smallest absolute Gasteiger partial charge is 0.276 e. The summed E-state index contributed by atoms with van der Waals surface area (Å²) in [6.45, 7) is 1.88. The minimum Gasteiger partial charge on any atom is -0.330 e. The lowest BCUT2D eigenvalue weighted by Crippen LogP contribution is -2.12. The first-order valence-corrected chi connectivity index (χ1v) is 7.83. The van der Waals surface area contributed by atoms with Crippen LogP contribution < -0.4 is 10.6 Å². The predicted molar refractivity (Wildman–Crippen MR) is 84.4 cm³/mol. The number of amides is 1. The van der Waals surface area contributed by atoms with Crippen LogP contribution in [0.1, 0.15) is 16.2 Å². The molecule has 3 heterocycles. The van der Waals surface area contributed by atoms with Gasteiger partial charge in [0.2, 0.25) is 0 Å². The van der Waals surface area contributed by atoms with Gasteiger partial charge in [0.1, 0.15) is 5.69 Å². The number of aryl methyl sites for hydroxylation is 1. The summed E-state index contributed by atoms with van der Waals surface area (Å²) in [6, 6.07) is 3.71. The third kappa shape index (κ3) is 3.41. The van der Waals surface area contributed by atoms with E-state index in [2.05, 4.69) is 25.6 Å². The van der Waals surface area contributed by atoms with Gasteiger partial charge in [0.25, 0.3) is 5.91 Å². The molecule has 0 atom stereocenters. The van der Waals surface area contributed by atoms with E-state index >= 15 is 0 Å². The summed E-state index contributed by atoms with van der Waals surface area (Å²) < 4.78 is 0. The van der Waals surface area contributed by atoms with E-state index in [1.165, 1.54) is 22.7 Å². The second-order valence-electron chi connectivity index (χ2n) is 4.15. The van der Waals surface area contributed by atoms with E-state index in [1.807, 2.05) is 24.4 Å². The van der Waals surface area contributed by atoms with Gasteiger partial charge in [-0.05, 0) is 19.1 Å². The van der Waals surface area contributed by atoms with Crippen molar-refractivity contribution in [1.29, 1.82) is 0 Å². The van der Waals surface area contributed by atoms with Gasteiger partial charge in [-0.25, -0.2) is 9.97 Å². The van der Waals surface area contributed by atoms with Crippen LogP contribution >= 0.6 is 22.7 Å². The maximum absolute atomic E-state index is 12.0. The molecule has 8 heteroatoms. The van der Waals surface area contributed by atoms with Crippen molar-refractivity contribution in [3.63, 3.8) is 0 Å². The number of hydrogen-bond acceptors (Lipinski definition) is 7. The Morgan fingerprint density at radius 1 is 1.19 bits per heavy atom. The molecule has 3 aromatic rings. The summed E-state index contributed by atoms with van der Waals surface area (Å²) in [4.78, 5) is 24.5. The van der Waals surface area contributed by atoms with E-state index in [0.29, 0.717) is 16.0 Å². The number of nitrogens with one attached hydrogen (secondary N) is 2. The molecule has 106 valence electrons. The van der Waals surface area contributed by atoms with Crippen molar-refractivity contribution >= 4 is 44.5 Å². The summed E-state index contributed by atoms with van der Waals surface area (Å²) in [6.07, 6.45) is 3.39. The molecule has 2 N–H and O–H groups in total. The van der Waals surface area contributed by atoms with Gasteiger partial charge in [-0.15, -0.1) is 22.7 Å². The number of nitrogens with zero attached hydrogens (tertiary/aromatic N) is 3. The highest BCUT2D eigenvalue weighted by molar-refractivity contribution is 7.14. The number of thiazole rings is 2. The SMILES string of the molecule is Cc1csc(NC(=O)c2csc(Nc3cccnc3)n2)n1. The summed E-state index contributed by atoms with van der Waals surface area (Å²) in [5.41, 5.74) is 2.07. The number of pyridine rings is 1. The van der Waals surface area contributed by atoms with Crippen LogP contribution in [0.5, 0.6) is 0 Å². The molecule has 0 aliphatic heterocycles. The molecule has 0 aromatic carbocycles. The number of anilines is 3. The van der Waals surface area contributed by atoms with Gasteiger partial charge in [0.05, 0.1) is 17.6 Å². The van der Waals surface area contributed by atoms with Crippen molar-refractivity contribution in [2.75, 3.05) is 10.6 Å². The Labute approximate surface area is 128 Å². The fourth-order valence-corrected chi connectivity index (χ4v) is 2.96. The standard InChI is InChI=1S/C13H11N5OS2/c1-8-6-20-12(15-8)18-11(19)10-7-21-13(17-10)16-9-3-2-4-14-5-9/h2-7H,1H3,(H,16,17)(H,15,18,19). The van der Waals surface area contributed by atoms with E-state index in [4.69, 9.17) is 0 Å². The quantitative estimate of drug-likeness (QED) is 0.772. The van der Waals surface area contributed by atoms with E-state index in [-0.39, 0.29) is 5.91 Å². The summed E-state index contributed by atoms with van der Waals surface area (Å²) in [7, 11) is 0. The second kappa shape index (κ2) is 5.98. The highest BCUT2D eigenvalue weighted by Crippen LogP contribution is 2.21. The molecule has 0 saturated heterocycles. The lowest BCUT2D eigenvalue weighted by atomic mass is 10.4. The zero-order chi connectivity index (χ0) is 14.7. The van der Waals surface area contributed by atoms with Crippen LogP contribution in [0.2, 0.25) is 0 Å². The van der Waals surface area contributed by atoms with E-state index in [0.717, 1.165) is 11.4 Å². The van der Waals surface area contributed by atoms with Crippen LogP contribution in [0.25, 0.3) is 0 Å². The fourth-order valence-electron chi connectivity index (χ4n) is 1.57. The first kappa shape index (κ1) is 13.7. The van der Waals surface area contributed by atoms with Gasteiger partial charge >= 0.3 is 0 Å². The monoisotopic (exact) mass is 317 g/mol. The molecular formula is C13H11N5OS2. The Balaban J connectivity index is 1.68. The number of hydrogen-bond donors (Lipinski definition) is 2. The molecule has 0 aliphatic carbocycles. The summed E-state index contributed by atoms with van der Waals surface area (Å²) in [5.74, 6) is -0.264. The van der Waals surface area contributed by atoms with E-state index in [1.54, 1.807) is 17.8 Å². The zero-order valence-electron chi connectivity index (χ0n) is 11.0. The number of carbonyl (C=O) groups excluding carboxylic acids is 1. The van der Waals surface area contributed by atoms with Crippen molar-refractivity contribution in [3.8, 4) is 0 Å². The molecule has 0 saturated carbocycles. The molecule has 6 nitrogen and oxygen atoms in total. The van der Waals surface area contributed by atoms with E-state index in [9.17, 15) is 4.79 Å². The molecule has 0 unspecified atom stereocenters. The van der Waals surface area contributed by atoms with Crippen LogP contribution in [-0.2, 0) is 0 Å². The van der Waals surface area contributed by atoms with Crippen molar-refractivity contribution < 1.29 is 4.79 Å². The normalized spacial score (nSPS) is 10.3. The average Bonchev–Trinajstić information content (AvgIpc) is 3.09. The van der Waals surface area contributed by atoms with Gasteiger partial charge in [0, 0.05) is 17.0 Å². The maximum atomic E-state index is 12.0. The highest BCUT2D eigenvalue weighted by atomic mass is 32.1.